The SMILES string of the molecule is CN(Cc1cccc(F)c1)C(=O)COC(=O)c1cc(F)c(F)cc1Cl. The molecule has 0 saturated heterocycles. The number of likely N-dealkylation sites (N-methyl/N-ethyl adjacent to an activating group) is 1. The van der Waals surface area contributed by atoms with Gasteiger partial charge >= 0.3 is 5.97 Å². The molecule has 8 heteroatoms. The summed E-state index contributed by atoms with van der Waals surface area (Å²) in [7, 11) is 1.45. The number of rotatable bonds is 5. The lowest BCUT2D eigenvalue weighted by atomic mass is 10.2. The van der Waals surface area contributed by atoms with E-state index in [4.69, 9.17) is 16.3 Å². The first-order valence-corrected chi connectivity index (χ1v) is 7.46. The van der Waals surface area contributed by atoms with Gasteiger partial charge in [0.1, 0.15) is 5.82 Å². The number of carbonyl (C=O) groups excluding carboxylic acids is 2. The number of hydrogen-bond acceptors (Lipinski definition) is 3. The van der Waals surface area contributed by atoms with E-state index in [9.17, 15) is 22.8 Å². The molecule has 0 aliphatic heterocycles. The van der Waals surface area contributed by atoms with Crippen LogP contribution in [0.1, 0.15) is 15.9 Å². The minimum Gasteiger partial charge on any atom is -0.452 e. The number of esters is 1. The molecule has 0 aliphatic rings. The van der Waals surface area contributed by atoms with Crippen LogP contribution in [-0.4, -0.2) is 30.4 Å². The number of hydrogen-bond donors (Lipinski definition) is 0. The number of nitrogens with zero attached hydrogens (tertiary/aromatic N) is 1. The van der Waals surface area contributed by atoms with E-state index in [-0.39, 0.29) is 17.1 Å². The largest absolute Gasteiger partial charge is 0.452 e. The third-order valence-electron chi connectivity index (χ3n) is 3.29. The van der Waals surface area contributed by atoms with E-state index in [1.165, 1.54) is 30.1 Å². The highest BCUT2D eigenvalue weighted by Crippen LogP contribution is 2.20. The Bertz CT molecular complexity index is 814. The van der Waals surface area contributed by atoms with Crippen LogP contribution in [0, 0.1) is 17.5 Å². The van der Waals surface area contributed by atoms with Gasteiger partial charge in [-0.25, -0.2) is 18.0 Å². The molecule has 0 unspecified atom stereocenters. The van der Waals surface area contributed by atoms with Crippen LogP contribution in [0.25, 0.3) is 0 Å². The second-order valence-corrected chi connectivity index (χ2v) is 5.61. The van der Waals surface area contributed by atoms with Crippen LogP contribution >= 0.6 is 11.6 Å². The molecule has 0 saturated carbocycles. The molecule has 0 fully saturated rings. The first-order valence-electron chi connectivity index (χ1n) is 7.08. The van der Waals surface area contributed by atoms with Gasteiger partial charge in [0.05, 0.1) is 10.6 Å². The second-order valence-electron chi connectivity index (χ2n) is 5.20. The molecule has 0 N–H and O–H groups in total. The predicted molar refractivity (Wildman–Crippen MR) is 84.5 cm³/mol. The summed E-state index contributed by atoms with van der Waals surface area (Å²) in [6, 6.07) is 6.94. The van der Waals surface area contributed by atoms with Crippen molar-refractivity contribution in [3.05, 3.63) is 70.0 Å². The Morgan fingerprint density at radius 1 is 1.12 bits per heavy atom. The highest BCUT2D eigenvalue weighted by Gasteiger charge is 2.18. The van der Waals surface area contributed by atoms with Gasteiger partial charge in [-0.2, -0.15) is 0 Å². The van der Waals surface area contributed by atoms with Crippen LogP contribution in [0.15, 0.2) is 36.4 Å². The van der Waals surface area contributed by atoms with E-state index in [0.29, 0.717) is 17.7 Å². The van der Waals surface area contributed by atoms with E-state index in [2.05, 4.69) is 0 Å². The van der Waals surface area contributed by atoms with E-state index in [1.54, 1.807) is 6.07 Å². The molecular formula is C17H13ClF3NO3. The molecule has 25 heavy (non-hydrogen) atoms. The Balaban J connectivity index is 1.95. The molecule has 0 aliphatic carbocycles. The summed E-state index contributed by atoms with van der Waals surface area (Å²) < 4.78 is 44.0. The number of ether oxygens (including phenoxy) is 1. The number of benzene rings is 2. The molecule has 2 aromatic carbocycles. The summed E-state index contributed by atoms with van der Waals surface area (Å²) in [5.74, 6) is -4.51. The summed E-state index contributed by atoms with van der Waals surface area (Å²) in [6.07, 6.45) is 0. The molecule has 4 nitrogen and oxygen atoms in total. The Morgan fingerprint density at radius 2 is 1.80 bits per heavy atom. The average molecular weight is 372 g/mol. The maximum Gasteiger partial charge on any atom is 0.340 e. The minimum atomic E-state index is -1.26. The lowest BCUT2D eigenvalue weighted by Crippen LogP contribution is -2.30. The van der Waals surface area contributed by atoms with Crippen LogP contribution in [0.5, 0.6) is 0 Å². The normalized spacial score (nSPS) is 10.4. The first-order chi connectivity index (χ1) is 11.8. The summed E-state index contributed by atoms with van der Waals surface area (Å²) in [5, 5.41) is -0.329. The summed E-state index contributed by atoms with van der Waals surface area (Å²) in [5.41, 5.74) is 0.173. The standard InChI is InChI=1S/C17H13ClF3NO3/c1-22(8-10-3-2-4-11(19)5-10)16(23)9-25-17(24)12-6-14(20)15(21)7-13(12)18/h2-7H,8-9H2,1H3. The Kier molecular flexibility index (Phi) is 6.03. The van der Waals surface area contributed by atoms with Crippen molar-refractivity contribution in [3.8, 4) is 0 Å². The maximum absolute atomic E-state index is 13.2. The minimum absolute atomic E-state index is 0.111. The molecule has 2 rings (SSSR count). The Hall–Kier alpha value is -2.54. The van der Waals surface area contributed by atoms with Crippen molar-refractivity contribution in [2.24, 2.45) is 0 Å². The van der Waals surface area contributed by atoms with Gasteiger partial charge in [-0.15, -0.1) is 0 Å². The zero-order chi connectivity index (χ0) is 18.6. The highest BCUT2D eigenvalue weighted by atomic mass is 35.5. The van der Waals surface area contributed by atoms with E-state index < -0.39 is 35.9 Å². The molecule has 0 atom stereocenters. The number of carbonyl (C=O) groups is 2. The van der Waals surface area contributed by atoms with Crippen molar-refractivity contribution in [1.29, 1.82) is 0 Å². The summed E-state index contributed by atoms with van der Waals surface area (Å²) >= 11 is 5.66. The maximum atomic E-state index is 13.2. The lowest BCUT2D eigenvalue weighted by Gasteiger charge is -2.17. The third-order valence-corrected chi connectivity index (χ3v) is 3.60. The fourth-order valence-electron chi connectivity index (χ4n) is 1.99. The molecule has 0 heterocycles. The number of amides is 1. The van der Waals surface area contributed by atoms with E-state index >= 15 is 0 Å². The highest BCUT2D eigenvalue weighted by molar-refractivity contribution is 6.33. The molecule has 0 radical (unpaired) electrons. The Labute approximate surface area is 146 Å². The smallest absolute Gasteiger partial charge is 0.340 e. The van der Waals surface area contributed by atoms with Crippen LogP contribution < -0.4 is 0 Å². The molecule has 0 bridgehead atoms. The fourth-order valence-corrected chi connectivity index (χ4v) is 2.22. The van der Waals surface area contributed by atoms with Crippen LogP contribution in [0.2, 0.25) is 5.02 Å². The van der Waals surface area contributed by atoms with Crippen molar-refractivity contribution in [1.82, 2.24) is 4.90 Å². The molecule has 1 amide bonds. The van der Waals surface area contributed by atoms with Gasteiger partial charge in [-0.1, -0.05) is 23.7 Å². The van der Waals surface area contributed by atoms with E-state index in [1.807, 2.05) is 0 Å². The van der Waals surface area contributed by atoms with Gasteiger partial charge in [0.15, 0.2) is 18.2 Å². The van der Waals surface area contributed by atoms with E-state index in [0.717, 1.165) is 0 Å². The van der Waals surface area contributed by atoms with Crippen molar-refractivity contribution in [2.45, 2.75) is 6.54 Å². The topological polar surface area (TPSA) is 46.6 Å². The zero-order valence-electron chi connectivity index (χ0n) is 13.1. The average Bonchev–Trinajstić information content (AvgIpc) is 2.55. The van der Waals surface area contributed by atoms with Crippen molar-refractivity contribution in [2.75, 3.05) is 13.7 Å². The molecule has 2 aromatic rings. The van der Waals surface area contributed by atoms with Gasteiger partial charge in [-0.05, 0) is 29.8 Å². The summed E-state index contributed by atoms with van der Waals surface area (Å²) in [6.45, 7) is -0.514. The van der Waals surface area contributed by atoms with Crippen LogP contribution in [0.4, 0.5) is 13.2 Å². The predicted octanol–water partition coefficient (Wildman–Crippen LogP) is 3.57. The molecule has 132 valence electrons. The van der Waals surface area contributed by atoms with Gasteiger partial charge in [0.25, 0.3) is 5.91 Å². The summed E-state index contributed by atoms with van der Waals surface area (Å²) in [4.78, 5) is 25.0. The lowest BCUT2D eigenvalue weighted by molar-refractivity contribution is -0.133. The van der Waals surface area contributed by atoms with Crippen LogP contribution in [-0.2, 0) is 16.1 Å². The fraction of sp³-hybridized carbons (Fsp3) is 0.176. The van der Waals surface area contributed by atoms with Gasteiger partial charge in [0.2, 0.25) is 0 Å². The van der Waals surface area contributed by atoms with Gasteiger partial charge < -0.3 is 9.64 Å². The van der Waals surface area contributed by atoms with Crippen LogP contribution in [0.3, 0.4) is 0 Å². The van der Waals surface area contributed by atoms with Crippen molar-refractivity contribution in [3.63, 3.8) is 0 Å². The molecule has 0 aromatic heterocycles. The van der Waals surface area contributed by atoms with Gasteiger partial charge in [0, 0.05) is 13.6 Å². The Morgan fingerprint density at radius 3 is 2.48 bits per heavy atom. The zero-order valence-corrected chi connectivity index (χ0v) is 13.8. The second kappa shape index (κ2) is 8.02. The molecule has 0 spiro atoms. The van der Waals surface area contributed by atoms with Crippen molar-refractivity contribution >= 4 is 23.5 Å². The molecular weight excluding hydrogens is 359 g/mol. The first kappa shape index (κ1) is 18.8. The van der Waals surface area contributed by atoms with Gasteiger partial charge in [-0.3, -0.25) is 4.79 Å². The number of halogens is 4. The van der Waals surface area contributed by atoms with Crippen molar-refractivity contribution < 1.29 is 27.5 Å². The quantitative estimate of drug-likeness (QED) is 0.596. The third kappa shape index (κ3) is 4.96. The monoisotopic (exact) mass is 371 g/mol.